The Morgan fingerprint density at radius 3 is 2.79 bits per heavy atom. The van der Waals surface area contributed by atoms with E-state index in [-0.39, 0.29) is 16.9 Å². The molecule has 14 heavy (non-hydrogen) atoms. The van der Waals surface area contributed by atoms with Crippen LogP contribution in [0.25, 0.3) is 10.3 Å². The summed E-state index contributed by atoms with van der Waals surface area (Å²) in [6.45, 7) is 0. The van der Waals surface area contributed by atoms with Gasteiger partial charge in [0.05, 0.1) is 4.70 Å². The first-order valence-corrected chi connectivity index (χ1v) is 4.39. The SMILES string of the molecule is O=C(O)c1cc(O)cc2sc(=O)oc12. The summed E-state index contributed by atoms with van der Waals surface area (Å²) in [6, 6.07) is 2.33. The molecule has 0 radical (unpaired) electrons. The van der Waals surface area contributed by atoms with Crippen LogP contribution in [-0.4, -0.2) is 16.2 Å². The van der Waals surface area contributed by atoms with E-state index in [0.717, 1.165) is 17.4 Å². The van der Waals surface area contributed by atoms with Gasteiger partial charge in [0.2, 0.25) is 0 Å². The number of phenols is 1. The van der Waals surface area contributed by atoms with Crippen molar-refractivity contribution in [2.45, 2.75) is 0 Å². The quantitative estimate of drug-likeness (QED) is 0.742. The van der Waals surface area contributed by atoms with E-state index < -0.39 is 10.9 Å². The summed E-state index contributed by atoms with van der Waals surface area (Å²) in [6.07, 6.45) is 0. The monoisotopic (exact) mass is 212 g/mol. The second-order valence-corrected chi connectivity index (χ2v) is 3.56. The summed E-state index contributed by atoms with van der Waals surface area (Å²) in [5, 5.41) is 17.9. The van der Waals surface area contributed by atoms with Gasteiger partial charge in [0.1, 0.15) is 11.3 Å². The summed E-state index contributed by atoms with van der Waals surface area (Å²) in [5.74, 6) is -1.44. The van der Waals surface area contributed by atoms with Gasteiger partial charge in [-0.1, -0.05) is 11.3 Å². The highest BCUT2D eigenvalue weighted by atomic mass is 32.1. The minimum atomic E-state index is -1.24. The number of fused-ring (bicyclic) bond motifs is 1. The zero-order valence-electron chi connectivity index (χ0n) is 6.68. The smallest absolute Gasteiger partial charge is 0.396 e. The number of aromatic hydroxyl groups is 1. The molecule has 0 atom stereocenters. The highest BCUT2D eigenvalue weighted by molar-refractivity contribution is 7.16. The van der Waals surface area contributed by atoms with Crippen LogP contribution >= 0.6 is 11.3 Å². The van der Waals surface area contributed by atoms with Crippen molar-refractivity contribution in [2.24, 2.45) is 0 Å². The van der Waals surface area contributed by atoms with E-state index in [0.29, 0.717) is 4.70 Å². The molecule has 0 aliphatic heterocycles. The van der Waals surface area contributed by atoms with Gasteiger partial charge in [0.15, 0.2) is 5.58 Å². The molecule has 0 aliphatic rings. The van der Waals surface area contributed by atoms with Gasteiger partial charge in [-0.15, -0.1) is 0 Å². The van der Waals surface area contributed by atoms with Crippen molar-refractivity contribution >= 4 is 27.6 Å². The van der Waals surface area contributed by atoms with Crippen LogP contribution in [0, 0.1) is 0 Å². The third-order valence-corrected chi connectivity index (χ3v) is 2.42. The first-order valence-electron chi connectivity index (χ1n) is 3.58. The first kappa shape index (κ1) is 8.76. The standard InChI is InChI=1S/C8H4O5S/c9-3-1-4(7(10)11)6-5(2-3)14-8(12)13-6/h1-2,9H,(H,10,11). The van der Waals surface area contributed by atoms with E-state index in [9.17, 15) is 9.59 Å². The lowest BCUT2D eigenvalue weighted by atomic mass is 10.2. The summed E-state index contributed by atoms with van der Waals surface area (Å²) >= 11 is 0.752. The fourth-order valence-electron chi connectivity index (χ4n) is 1.12. The van der Waals surface area contributed by atoms with E-state index >= 15 is 0 Å². The van der Waals surface area contributed by atoms with Crippen LogP contribution in [0.5, 0.6) is 5.75 Å². The average molecular weight is 212 g/mol. The third kappa shape index (κ3) is 1.25. The maximum Gasteiger partial charge on any atom is 0.396 e. The second kappa shape index (κ2) is 2.85. The first-order chi connectivity index (χ1) is 6.58. The van der Waals surface area contributed by atoms with Crippen molar-refractivity contribution in [2.75, 3.05) is 0 Å². The second-order valence-electron chi connectivity index (χ2n) is 2.58. The molecule has 2 N–H and O–H groups in total. The van der Waals surface area contributed by atoms with Gasteiger partial charge in [-0.05, 0) is 6.07 Å². The molecule has 0 bridgehead atoms. The van der Waals surface area contributed by atoms with Crippen molar-refractivity contribution in [1.82, 2.24) is 0 Å². The molecule has 0 aliphatic carbocycles. The Balaban J connectivity index is 2.92. The molecular formula is C8H4O5S. The fraction of sp³-hybridized carbons (Fsp3) is 0. The number of hydrogen-bond donors (Lipinski definition) is 2. The van der Waals surface area contributed by atoms with Crippen LogP contribution < -0.4 is 4.94 Å². The number of carbonyl (C=O) groups is 1. The Morgan fingerprint density at radius 2 is 2.14 bits per heavy atom. The molecule has 5 nitrogen and oxygen atoms in total. The average Bonchev–Trinajstić information content (AvgIpc) is 2.42. The molecule has 0 unspecified atom stereocenters. The Kier molecular flexibility index (Phi) is 1.78. The van der Waals surface area contributed by atoms with Crippen LogP contribution in [0.1, 0.15) is 10.4 Å². The van der Waals surface area contributed by atoms with Crippen molar-refractivity contribution in [3.05, 3.63) is 27.4 Å². The fourth-order valence-corrected chi connectivity index (χ4v) is 1.85. The maximum absolute atomic E-state index is 10.9. The predicted octanol–water partition coefficient (Wildman–Crippen LogP) is 1.26. The Hall–Kier alpha value is -1.82. The molecule has 0 saturated heterocycles. The minimum absolute atomic E-state index is 0.00491. The van der Waals surface area contributed by atoms with E-state index in [1.165, 1.54) is 6.07 Å². The van der Waals surface area contributed by atoms with Crippen molar-refractivity contribution in [1.29, 1.82) is 0 Å². The topological polar surface area (TPSA) is 87.7 Å². The maximum atomic E-state index is 10.9. The number of carboxylic acid groups (broad SMARTS) is 1. The summed E-state index contributed by atoms with van der Waals surface area (Å²) in [5.41, 5.74) is -0.205. The molecular weight excluding hydrogens is 208 g/mol. The molecule has 2 aromatic rings. The van der Waals surface area contributed by atoms with E-state index in [1.54, 1.807) is 0 Å². The minimum Gasteiger partial charge on any atom is -0.508 e. The molecule has 72 valence electrons. The van der Waals surface area contributed by atoms with Gasteiger partial charge in [0, 0.05) is 6.07 Å². The largest absolute Gasteiger partial charge is 0.508 e. The predicted molar refractivity (Wildman–Crippen MR) is 49.0 cm³/mol. The summed E-state index contributed by atoms with van der Waals surface area (Å²) < 4.78 is 5.01. The lowest BCUT2D eigenvalue weighted by Gasteiger charge is -1.96. The van der Waals surface area contributed by atoms with Gasteiger partial charge >= 0.3 is 10.9 Å². The van der Waals surface area contributed by atoms with Crippen LogP contribution in [0.4, 0.5) is 0 Å². The van der Waals surface area contributed by atoms with Gasteiger partial charge in [0.25, 0.3) is 0 Å². The van der Waals surface area contributed by atoms with Gasteiger partial charge in [-0.2, -0.15) is 0 Å². The van der Waals surface area contributed by atoms with Crippen LogP contribution in [0.3, 0.4) is 0 Å². The molecule has 0 spiro atoms. The van der Waals surface area contributed by atoms with E-state index in [4.69, 9.17) is 10.2 Å². The molecule has 0 amide bonds. The van der Waals surface area contributed by atoms with Gasteiger partial charge in [-0.3, -0.25) is 0 Å². The molecule has 2 rings (SSSR count). The number of carboxylic acids is 1. The number of rotatable bonds is 1. The zero-order valence-corrected chi connectivity index (χ0v) is 7.50. The van der Waals surface area contributed by atoms with Crippen LogP contribution in [0.15, 0.2) is 21.3 Å². The van der Waals surface area contributed by atoms with Crippen LogP contribution in [-0.2, 0) is 0 Å². The third-order valence-electron chi connectivity index (χ3n) is 1.65. The Labute approximate surface area is 80.8 Å². The van der Waals surface area contributed by atoms with Gasteiger partial charge < -0.3 is 14.6 Å². The van der Waals surface area contributed by atoms with Crippen molar-refractivity contribution in [3.8, 4) is 5.75 Å². The molecule has 6 heteroatoms. The lowest BCUT2D eigenvalue weighted by Crippen LogP contribution is -1.96. The highest BCUT2D eigenvalue weighted by Gasteiger charge is 2.15. The Bertz CT molecular complexity index is 565. The summed E-state index contributed by atoms with van der Waals surface area (Å²) in [7, 11) is 0. The van der Waals surface area contributed by atoms with E-state index in [1.807, 2.05) is 0 Å². The van der Waals surface area contributed by atoms with Crippen molar-refractivity contribution in [3.63, 3.8) is 0 Å². The molecule has 0 saturated carbocycles. The van der Waals surface area contributed by atoms with Crippen LogP contribution in [0.2, 0.25) is 0 Å². The Morgan fingerprint density at radius 1 is 1.43 bits per heavy atom. The normalized spacial score (nSPS) is 10.6. The number of hydrogen-bond acceptors (Lipinski definition) is 5. The van der Waals surface area contributed by atoms with Gasteiger partial charge in [-0.25, -0.2) is 9.59 Å². The zero-order chi connectivity index (χ0) is 10.3. The van der Waals surface area contributed by atoms with Crippen molar-refractivity contribution < 1.29 is 19.4 Å². The molecule has 1 aromatic carbocycles. The molecule has 1 aromatic heterocycles. The number of phenolic OH excluding ortho intramolecular Hbond substituents is 1. The molecule has 1 heterocycles. The van der Waals surface area contributed by atoms with E-state index in [2.05, 4.69) is 4.42 Å². The summed E-state index contributed by atoms with van der Waals surface area (Å²) in [4.78, 5) is 21.0. The number of aromatic carboxylic acids is 1. The lowest BCUT2D eigenvalue weighted by molar-refractivity contribution is 0.0697. The highest BCUT2D eigenvalue weighted by Crippen LogP contribution is 2.26. The number of benzene rings is 1. The molecule has 0 fully saturated rings.